The molecule has 0 aromatic heterocycles. The second kappa shape index (κ2) is 5.81. The molecule has 0 aliphatic carbocycles. The van der Waals surface area contributed by atoms with Crippen LogP contribution in [0.2, 0.25) is 0 Å². The van der Waals surface area contributed by atoms with Crippen molar-refractivity contribution >= 4 is 29.2 Å². The van der Waals surface area contributed by atoms with E-state index in [0.29, 0.717) is 18.7 Å². The summed E-state index contributed by atoms with van der Waals surface area (Å²) in [7, 11) is 1.35. The third-order valence-corrected chi connectivity index (χ3v) is 1.96. The molecule has 10 heavy (non-hydrogen) atoms. The molecule has 0 amide bonds. The van der Waals surface area contributed by atoms with Gasteiger partial charge in [0.05, 0.1) is 7.11 Å². The lowest BCUT2D eigenvalue weighted by Crippen LogP contribution is -2.06. The first kappa shape index (κ1) is 10.0. The average Bonchev–Trinajstić information content (AvgIpc) is 1.99. The molecule has 0 aromatic carbocycles. The summed E-state index contributed by atoms with van der Waals surface area (Å²) < 4.78 is 4.40. The van der Waals surface area contributed by atoms with E-state index in [-0.39, 0.29) is 11.3 Å². The second-order valence-corrected chi connectivity index (χ2v) is 2.79. The molecule has 0 bridgehead atoms. The smallest absolute Gasteiger partial charge is 0.305 e. The number of halogens is 2. The second-order valence-electron chi connectivity index (χ2n) is 1.87. The molecule has 0 aliphatic heterocycles. The lowest BCUT2D eigenvalue weighted by atomic mass is 10.2. The van der Waals surface area contributed by atoms with Crippen LogP contribution in [0.1, 0.15) is 12.8 Å². The molecule has 0 saturated heterocycles. The first-order valence-corrected chi connectivity index (χ1v) is 3.94. The highest BCUT2D eigenvalue weighted by Gasteiger charge is 2.06. The summed E-state index contributed by atoms with van der Waals surface area (Å²) in [5, 5.41) is -0.124. The SMILES string of the molecule is COC(=O)CCC(Cl)CCl. The van der Waals surface area contributed by atoms with Crippen molar-refractivity contribution in [3.63, 3.8) is 0 Å². The number of carbonyl (C=O) groups is 1. The summed E-state index contributed by atoms with van der Waals surface area (Å²) >= 11 is 11.0. The van der Waals surface area contributed by atoms with Gasteiger partial charge in [-0.05, 0) is 6.42 Å². The Morgan fingerprint density at radius 1 is 1.70 bits per heavy atom. The van der Waals surface area contributed by atoms with E-state index in [1.165, 1.54) is 7.11 Å². The van der Waals surface area contributed by atoms with E-state index < -0.39 is 0 Å². The van der Waals surface area contributed by atoms with Crippen molar-refractivity contribution in [1.82, 2.24) is 0 Å². The third-order valence-electron chi connectivity index (χ3n) is 1.06. The van der Waals surface area contributed by atoms with Gasteiger partial charge in [-0.3, -0.25) is 4.79 Å². The summed E-state index contributed by atoms with van der Waals surface area (Å²) in [5.41, 5.74) is 0. The maximum Gasteiger partial charge on any atom is 0.305 e. The Morgan fingerprint density at radius 3 is 2.70 bits per heavy atom. The van der Waals surface area contributed by atoms with Gasteiger partial charge in [0.15, 0.2) is 0 Å². The summed E-state index contributed by atoms with van der Waals surface area (Å²) in [6.45, 7) is 0. The Morgan fingerprint density at radius 2 is 2.30 bits per heavy atom. The predicted octanol–water partition coefficient (Wildman–Crippen LogP) is 1.79. The van der Waals surface area contributed by atoms with Crippen molar-refractivity contribution < 1.29 is 9.53 Å². The zero-order chi connectivity index (χ0) is 7.98. The fourth-order valence-electron chi connectivity index (χ4n) is 0.454. The highest BCUT2D eigenvalue weighted by molar-refractivity contribution is 6.28. The van der Waals surface area contributed by atoms with E-state index in [1.807, 2.05) is 0 Å². The summed E-state index contributed by atoms with van der Waals surface area (Å²) in [4.78, 5) is 10.5. The predicted molar refractivity (Wildman–Crippen MR) is 41.6 cm³/mol. The largest absolute Gasteiger partial charge is 0.469 e. The number of carbonyl (C=O) groups excluding carboxylic acids is 1. The van der Waals surface area contributed by atoms with Gasteiger partial charge in [0.2, 0.25) is 0 Å². The van der Waals surface area contributed by atoms with E-state index in [1.54, 1.807) is 0 Å². The molecule has 0 aliphatic rings. The van der Waals surface area contributed by atoms with Crippen molar-refractivity contribution in [2.24, 2.45) is 0 Å². The van der Waals surface area contributed by atoms with Crippen LogP contribution in [0.5, 0.6) is 0 Å². The first-order chi connectivity index (χ1) is 4.70. The molecule has 1 atom stereocenters. The standard InChI is InChI=1S/C6H10Cl2O2/c1-10-6(9)3-2-5(8)4-7/h5H,2-4H2,1H3. The van der Waals surface area contributed by atoms with Crippen LogP contribution < -0.4 is 0 Å². The van der Waals surface area contributed by atoms with Gasteiger partial charge < -0.3 is 4.74 Å². The minimum atomic E-state index is -0.240. The van der Waals surface area contributed by atoms with Crippen molar-refractivity contribution in [1.29, 1.82) is 0 Å². The quantitative estimate of drug-likeness (QED) is 0.493. The maximum atomic E-state index is 10.5. The van der Waals surface area contributed by atoms with Crippen LogP contribution in [-0.2, 0) is 9.53 Å². The lowest BCUT2D eigenvalue weighted by Gasteiger charge is -2.02. The number of hydrogen-bond donors (Lipinski definition) is 0. The van der Waals surface area contributed by atoms with Crippen molar-refractivity contribution in [2.75, 3.05) is 13.0 Å². The van der Waals surface area contributed by atoms with Gasteiger partial charge in [0.1, 0.15) is 0 Å². The van der Waals surface area contributed by atoms with Gasteiger partial charge in [-0.1, -0.05) is 0 Å². The molecule has 0 heterocycles. The number of hydrogen-bond acceptors (Lipinski definition) is 2. The maximum absolute atomic E-state index is 10.5. The van der Waals surface area contributed by atoms with Crippen LogP contribution in [0.3, 0.4) is 0 Å². The van der Waals surface area contributed by atoms with Crippen LogP contribution in [0.25, 0.3) is 0 Å². The van der Waals surface area contributed by atoms with Gasteiger partial charge in [-0.15, -0.1) is 23.2 Å². The summed E-state index contributed by atoms with van der Waals surface area (Å²) in [6.07, 6.45) is 0.926. The Kier molecular flexibility index (Phi) is 5.84. The molecule has 1 unspecified atom stereocenters. The van der Waals surface area contributed by atoms with E-state index in [2.05, 4.69) is 4.74 Å². The number of rotatable bonds is 4. The van der Waals surface area contributed by atoms with Crippen LogP contribution >= 0.6 is 23.2 Å². The molecule has 60 valence electrons. The molecule has 0 aromatic rings. The van der Waals surface area contributed by atoms with Crippen molar-refractivity contribution in [2.45, 2.75) is 18.2 Å². The Balaban J connectivity index is 3.26. The normalized spacial score (nSPS) is 12.7. The minimum absolute atomic E-state index is 0.124. The van der Waals surface area contributed by atoms with E-state index >= 15 is 0 Å². The van der Waals surface area contributed by atoms with Crippen LogP contribution in [-0.4, -0.2) is 24.3 Å². The van der Waals surface area contributed by atoms with Crippen LogP contribution in [0.15, 0.2) is 0 Å². The van der Waals surface area contributed by atoms with Crippen molar-refractivity contribution in [3.05, 3.63) is 0 Å². The lowest BCUT2D eigenvalue weighted by molar-refractivity contribution is -0.140. The van der Waals surface area contributed by atoms with Gasteiger partial charge in [0, 0.05) is 17.7 Å². The van der Waals surface area contributed by atoms with E-state index in [4.69, 9.17) is 23.2 Å². The van der Waals surface area contributed by atoms with Crippen molar-refractivity contribution in [3.8, 4) is 0 Å². The number of methoxy groups -OCH3 is 1. The molecular weight excluding hydrogens is 175 g/mol. The summed E-state index contributed by atoms with van der Waals surface area (Å²) in [6, 6.07) is 0. The zero-order valence-electron chi connectivity index (χ0n) is 5.77. The molecule has 2 nitrogen and oxygen atoms in total. The van der Waals surface area contributed by atoms with Gasteiger partial charge >= 0.3 is 5.97 Å². The average molecular weight is 185 g/mol. The van der Waals surface area contributed by atoms with Gasteiger partial charge in [-0.25, -0.2) is 0 Å². The van der Waals surface area contributed by atoms with Gasteiger partial charge in [0.25, 0.3) is 0 Å². The molecule has 0 radical (unpaired) electrons. The van der Waals surface area contributed by atoms with E-state index in [9.17, 15) is 4.79 Å². The number of alkyl halides is 2. The highest BCUT2D eigenvalue weighted by Crippen LogP contribution is 2.07. The van der Waals surface area contributed by atoms with E-state index in [0.717, 1.165) is 0 Å². The third kappa shape index (κ3) is 4.89. The molecule has 0 rings (SSSR count). The zero-order valence-corrected chi connectivity index (χ0v) is 7.28. The minimum Gasteiger partial charge on any atom is -0.469 e. The molecule has 0 fully saturated rings. The van der Waals surface area contributed by atoms with Gasteiger partial charge in [-0.2, -0.15) is 0 Å². The molecule has 0 spiro atoms. The Hall–Kier alpha value is 0.0500. The number of ether oxygens (including phenoxy) is 1. The first-order valence-electron chi connectivity index (χ1n) is 2.97. The fraction of sp³-hybridized carbons (Fsp3) is 0.833. The molecule has 4 heteroatoms. The fourth-order valence-corrected chi connectivity index (χ4v) is 0.717. The summed E-state index contributed by atoms with van der Waals surface area (Å²) in [5.74, 6) is 0.134. The number of esters is 1. The topological polar surface area (TPSA) is 26.3 Å². The molecule has 0 N–H and O–H groups in total. The van der Waals surface area contributed by atoms with Crippen LogP contribution in [0, 0.1) is 0 Å². The molecular formula is C6H10Cl2O2. The molecule has 0 saturated carbocycles. The Bertz CT molecular complexity index is 106. The Labute approximate surface area is 70.4 Å². The highest BCUT2D eigenvalue weighted by atomic mass is 35.5. The monoisotopic (exact) mass is 184 g/mol. The van der Waals surface area contributed by atoms with Crippen LogP contribution in [0.4, 0.5) is 0 Å².